The Bertz CT molecular complexity index is 123. The van der Waals surface area contributed by atoms with Gasteiger partial charge in [0.2, 0.25) is 0 Å². The van der Waals surface area contributed by atoms with Gasteiger partial charge in [0, 0.05) is 17.3 Å². The van der Waals surface area contributed by atoms with Crippen molar-refractivity contribution in [1.29, 1.82) is 0 Å². The lowest BCUT2D eigenvalue weighted by molar-refractivity contribution is 0.183. The molecule has 10 heavy (non-hydrogen) atoms. The minimum absolute atomic E-state index is 0.689. The fraction of sp³-hybridized carbons (Fsp3) is 1.00. The molecule has 0 saturated carbocycles. The van der Waals surface area contributed by atoms with Crippen LogP contribution in [0.3, 0.4) is 0 Å². The average molecular weight is 157 g/mol. The summed E-state index contributed by atoms with van der Waals surface area (Å²) in [4.78, 5) is 2.55. The first-order chi connectivity index (χ1) is 4.77. The van der Waals surface area contributed by atoms with Gasteiger partial charge in [-0.05, 0) is 32.7 Å². The first-order valence-corrected chi connectivity index (χ1v) is 4.69. The van der Waals surface area contributed by atoms with Gasteiger partial charge >= 0.3 is 0 Å². The smallest absolute Gasteiger partial charge is 0.0106 e. The van der Waals surface area contributed by atoms with E-state index in [9.17, 15) is 0 Å². The molecule has 58 valence electrons. The van der Waals surface area contributed by atoms with Crippen LogP contribution in [0.15, 0.2) is 0 Å². The van der Waals surface area contributed by atoms with Crippen LogP contribution in [-0.4, -0.2) is 29.3 Å². The Balaban J connectivity index is 2.09. The fourth-order valence-electron chi connectivity index (χ4n) is 2.38. The van der Waals surface area contributed by atoms with Gasteiger partial charge in [-0.2, -0.15) is 12.6 Å². The number of fused-ring (bicyclic) bond motifs is 2. The molecule has 0 aromatic rings. The van der Waals surface area contributed by atoms with Crippen LogP contribution in [0.4, 0.5) is 0 Å². The van der Waals surface area contributed by atoms with E-state index in [1.807, 2.05) is 0 Å². The highest BCUT2D eigenvalue weighted by Gasteiger charge is 2.36. The van der Waals surface area contributed by atoms with E-state index in [-0.39, 0.29) is 0 Å². The molecule has 0 aliphatic carbocycles. The number of hydrogen-bond acceptors (Lipinski definition) is 2. The van der Waals surface area contributed by atoms with Crippen LogP contribution < -0.4 is 0 Å². The van der Waals surface area contributed by atoms with Crippen molar-refractivity contribution in [3.8, 4) is 0 Å². The maximum Gasteiger partial charge on any atom is 0.0106 e. The Morgan fingerprint density at radius 2 is 1.70 bits per heavy atom. The van der Waals surface area contributed by atoms with Crippen molar-refractivity contribution in [1.82, 2.24) is 4.90 Å². The highest BCUT2D eigenvalue weighted by molar-refractivity contribution is 7.80. The minimum Gasteiger partial charge on any atom is -0.300 e. The Morgan fingerprint density at radius 1 is 1.20 bits per heavy atom. The van der Waals surface area contributed by atoms with Crippen molar-refractivity contribution in [3.63, 3.8) is 0 Å². The molecule has 0 spiro atoms. The Morgan fingerprint density at radius 3 is 2.20 bits per heavy atom. The SMILES string of the molecule is CN1[C@@H]2CC[C@H]1CC(S)C2. The van der Waals surface area contributed by atoms with Crippen LogP contribution in [-0.2, 0) is 0 Å². The maximum atomic E-state index is 4.53. The Hall–Kier alpha value is 0.310. The van der Waals surface area contributed by atoms with E-state index < -0.39 is 0 Å². The predicted molar refractivity (Wildman–Crippen MR) is 46.6 cm³/mol. The maximum absolute atomic E-state index is 4.53. The van der Waals surface area contributed by atoms with E-state index in [0.29, 0.717) is 5.25 Å². The van der Waals surface area contributed by atoms with Crippen LogP contribution in [0.25, 0.3) is 0 Å². The molecular weight excluding hydrogens is 142 g/mol. The molecule has 0 radical (unpaired) electrons. The van der Waals surface area contributed by atoms with E-state index in [0.717, 1.165) is 12.1 Å². The fourth-order valence-corrected chi connectivity index (χ4v) is 2.87. The average Bonchev–Trinajstić information content (AvgIpc) is 2.20. The van der Waals surface area contributed by atoms with Crippen molar-refractivity contribution in [2.45, 2.75) is 43.0 Å². The van der Waals surface area contributed by atoms with Gasteiger partial charge in [-0.25, -0.2) is 0 Å². The molecule has 2 aliphatic rings. The van der Waals surface area contributed by atoms with Gasteiger partial charge in [0.05, 0.1) is 0 Å². The zero-order chi connectivity index (χ0) is 7.14. The highest BCUT2D eigenvalue weighted by atomic mass is 32.1. The lowest BCUT2D eigenvalue weighted by Crippen LogP contribution is -2.40. The van der Waals surface area contributed by atoms with Crippen molar-refractivity contribution in [3.05, 3.63) is 0 Å². The first-order valence-electron chi connectivity index (χ1n) is 4.17. The molecule has 2 fully saturated rings. The summed E-state index contributed by atoms with van der Waals surface area (Å²) in [6.45, 7) is 0. The number of thiol groups is 1. The standard InChI is InChI=1S/C8H15NS/c1-9-6-2-3-7(9)5-8(10)4-6/h6-8,10H,2-5H2,1H3/t6-,7+,8?. The summed E-state index contributed by atoms with van der Waals surface area (Å²) < 4.78 is 0. The quantitative estimate of drug-likeness (QED) is 0.522. The lowest BCUT2D eigenvalue weighted by atomic mass is 10.0. The van der Waals surface area contributed by atoms with Crippen LogP contribution in [0.1, 0.15) is 25.7 Å². The zero-order valence-corrected chi connectivity index (χ0v) is 7.35. The van der Waals surface area contributed by atoms with Gasteiger partial charge in [0.15, 0.2) is 0 Å². The Labute approximate surface area is 68.2 Å². The molecule has 2 heterocycles. The topological polar surface area (TPSA) is 3.24 Å². The van der Waals surface area contributed by atoms with Gasteiger partial charge in [-0.15, -0.1) is 0 Å². The second kappa shape index (κ2) is 2.42. The van der Waals surface area contributed by atoms with E-state index in [1.54, 1.807) is 0 Å². The number of hydrogen-bond donors (Lipinski definition) is 1. The molecule has 2 bridgehead atoms. The molecule has 0 amide bonds. The molecule has 3 atom stereocenters. The van der Waals surface area contributed by atoms with Crippen molar-refractivity contribution in [2.24, 2.45) is 0 Å². The summed E-state index contributed by atoms with van der Waals surface area (Å²) in [7, 11) is 2.27. The molecule has 1 nitrogen and oxygen atoms in total. The number of nitrogens with zero attached hydrogens (tertiary/aromatic N) is 1. The van der Waals surface area contributed by atoms with Gasteiger partial charge in [-0.1, -0.05) is 0 Å². The van der Waals surface area contributed by atoms with Crippen LogP contribution >= 0.6 is 12.6 Å². The van der Waals surface area contributed by atoms with Gasteiger partial charge in [-0.3, -0.25) is 0 Å². The third-order valence-corrected chi connectivity index (χ3v) is 3.49. The summed E-state index contributed by atoms with van der Waals surface area (Å²) in [5, 5.41) is 0.689. The minimum atomic E-state index is 0.689. The molecule has 2 saturated heterocycles. The Kier molecular flexibility index (Phi) is 1.69. The third kappa shape index (κ3) is 0.978. The molecule has 2 aliphatic heterocycles. The second-order valence-corrected chi connectivity index (χ2v) is 4.41. The van der Waals surface area contributed by atoms with Gasteiger partial charge in [0.25, 0.3) is 0 Å². The van der Waals surface area contributed by atoms with Crippen molar-refractivity contribution >= 4 is 12.6 Å². The highest BCUT2D eigenvalue weighted by Crippen LogP contribution is 2.35. The largest absolute Gasteiger partial charge is 0.300 e. The van der Waals surface area contributed by atoms with E-state index >= 15 is 0 Å². The van der Waals surface area contributed by atoms with Crippen molar-refractivity contribution in [2.75, 3.05) is 7.05 Å². The van der Waals surface area contributed by atoms with Gasteiger partial charge in [0.1, 0.15) is 0 Å². The summed E-state index contributed by atoms with van der Waals surface area (Å²) in [5.41, 5.74) is 0. The monoisotopic (exact) mass is 157 g/mol. The predicted octanol–water partition coefficient (Wildman–Crippen LogP) is 1.54. The number of rotatable bonds is 0. The van der Waals surface area contributed by atoms with Crippen LogP contribution in [0.2, 0.25) is 0 Å². The molecular formula is C8H15NS. The lowest BCUT2D eigenvalue weighted by Gasteiger charge is -2.34. The molecule has 2 heteroatoms. The number of piperidine rings is 1. The summed E-state index contributed by atoms with van der Waals surface area (Å²) in [6.07, 6.45) is 5.46. The summed E-state index contributed by atoms with van der Waals surface area (Å²) in [6, 6.07) is 1.72. The zero-order valence-electron chi connectivity index (χ0n) is 6.45. The van der Waals surface area contributed by atoms with E-state index in [2.05, 4.69) is 24.6 Å². The molecule has 0 aromatic carbocycles. The van der Waals surface area contributed by atoms with Crippen LogP contribution in [0.5, 0.6) is 0 Å². The molecule has 2 rings (SSSR count). The van der Waals surface area contributed by atoms with Crippen LogP contribution in [0, 0.1) is 0 Å². The van der Waals surface area contributed by atoms with Gasteiger partial charge < -0.3 is 4.90 Å². The molecule has 1 unspecified atom stereocenters. The summed E-state index contributed by atoms with van der Waals surface area (Å²) in [5.74, 6) is 0. The molecule has 0 N–H and O–H groups in total. The first kappa shape index (κ1) is 6.99. The summed E-state index contributed by atoms with van der Waals surface area (Å²) >= 11 is 4.53. The second-order valence-electron chi connectivity index (χ2n) is 3.68. The van der Waals surface area contributed by atoms with E-state index in [4.69, 9.17) is 0 Å². The normalized spacial score (nSPS) is 48.0. The van der Waals surface area contributed by atoms with E-state index in [1.165, 1.54) is 25.7 Å². The third-order valence-electron chi connectivity index (χ3n) is 3.07. The molecule has 0 aromatic heterocycles. The van der Waals surface area contributed by atoms with Crippen molar-refractivity contribution < 1.29 is 0 Å².